The highest BCUT2D eigenvalue weighted by atomic mass is 32.2. The molecule has 2 heterocycles. The summed E-state index contributed by atoms with van der Waals surface area (Å²) in [5.74, 6) is -0.640. The number of hydrogen-bond acceptors (Lipinski definition) is 4. The number of benzene rings is 2. The van der Waals surface area contributed by atoms with Gasteiger partial charge in [-0.05, 0) is 61.4 Å². The third-order valence-electron chi connectivity index (χ3n) is 6.17. The van der Waals surface area contributed by atoms with Crippen LogP contribution in [0.1, 0.15) is 30.5 Å². The Morgan fingerprint density at radius 1 is 1.07 bits per heavy atom. The van der Waals surface area contributed by atoms with Crippen molar-refractivity contribution in [2.75, 3.05) is 0 Å². The van der Waals surface area contributed by atoms with Gasteiger partial charge in [0.15, 0.2) is 0 Å². The number of aromatic nitrogens is 2. The maximum atomic E-state index is 14.7. The maximum absolute atomic E-state index is 14.7. The van der Waals surface area contributed by atoms with Crippen molar-refractivity contribution in [1.82, 2.24) is 14.3 Å². The van der Waals surface area contributed by atoms with Gasteiger partial charge in [0.05, 0.1) is 28.0 Å². The number of fused-ring (bicyclic) bond motifs is 1. The number of alkyl halides is 6. The lowest BCUT2D eigenvalue weighted by molar-refractivity contribution is -0.147. The summed E-state index contributed by atoms with van der Waals surface area (Å²) in [7, 11) is -4.66. The normalized spacial score (nSPS) is 13.4. The number of nitrogens with zero attached hydrogens (tertiary/aromatic N) is 3. The van der Waals surface area contributed by atoms with Gasteiger partial charge >= 0.3 is 12.4 Å². The zero-order valence-corrected chi connectivity index (χ0v) is 21.5. The molecule has 0 aliphatic heterocycles. The molecule has 14 heteroatoms. The molecule has 0 fully saturated rings. The Morgan fingerprint density at radius 2 is 1.77 bits per heavy atom. The van der Waals surface area contributed by atoms with Crippen LogP contribution in [0.5, 0.6) is 0 Å². The summed E-state index contributed by atoms with van der Waals surface area (Å²) in [6, 6.07) is 8.24. The van der Waals surface area contributed by atoms with Crippen LogP contribution in [0.2, 0.25) is 0 Å². The van der Waals surface area contributed by atoms with E-state index in [0.717, 1.165) is 42.6 Å². The van der Waals surface area contributed by atoms with Crippen LogP contribution in [0.4, 0.5) is 30.7 Å². The molecule has 6 nitrogen and oxygen atoms in total. The molecule has 0 saturated heterocycles. The van der Waals surface area contributed by atoms with E-state index >= 15 is 0 Å². The Balaban J connectivity index is 1.97. The number of halogens is 7. The van der Waals surface area contributed by atoms with Crippen molar-refractivity contribution >= 4 is 20.9 Å². The Morgan fingerprint density at radius 3 is 2.33 bits per heavy atom. The highest BCUT2D eigenvalue weighted by molar-refractivity contribution is 7.89. The second-order valence-corrected chi connectivity index (χ2v) is 10.5. The zero-order chi connectivity index (χ0) is 29.6. The second-order valence-electron chi connectivity index (χ2n) is 8.80. The van der Waals surface area contributed by atoms with E-state index in [1.54, 1.807) is 6.92 Å². The molecule has 1 unspecified atom stereocenters. The predicted molar refractivity (Wildman–Crippen MR) is 131 cm³/mol. The number of aryl methyl sites for hydroxylation is 1. The minimum Gasteiger partial charge on any atom is -0.307 e. The van der Waals surface area contributed by atoms with E-state index in [0.29, 0.717) is 6.92 Å². The van der Waals surface area contributed by atoms with Crippen LogP contribution in [-0.4, -0.2) is 30.2 Å². The number of nitriles is 1. The molecule has 2 aromatic carbocycles. The molecule has 210 valence electrons. The Labute approximate surface area is 223 Å². The van der Waals surface area contributed by atoms with Crippen molar-refractivity contribution in [2.45, 2.75) is 43.6 Å². The summed E-state index contributed by atoms with van der Waals surface area (Å²) in [6.45, 7) is 2.29. The summed E-state index contributed by atoms with van der Waals surface area (Å²) >= 11 is 0. The molecule has 0 radical (unpaired) electrons. The quantitative estimate of drug-likeness (QED) is 0.262. The van der Waals surface area contributed by atoms with Gasteiger partial charge in [0.25, 0.3) is 0 Å². The molecule has 0 aliphatic rings. The fourth-order valence-corrected chi connectivity index (χ4v) is 5.29. The average Bonchev–Trinajstić information content (AvgIpc) is 3.20. The topological polar surface area (TPSA) is 87.8 Å². The molecule has 0 spiro atoms. The molecular weight excluding hydrogens is 565 g/mol. The van der Waals surface area contributed by atoms with Crippen molar-refractivity contribution in [1.29, 1.82) is 5.26 Å². The Bertz CT molecular complexity index is 1740. The van der Waals surface area contributed by atoms with Crippen molar-refractivity contribution < 1.29 is 39.2 Å². The van der Waals surface area contributed by atoms with Crippen LogP contribution in [0.25, 0.3) is 28.0 Å². The summed E-state index contributed by atoms with van der Waals surface area (Å²) in [5.41, 5.74) is -0.910. The van der Waals surface area contributed by atoms with E-state index in [9.17, 15) is 44.4 Å². The largest absolute Gasteiger partial charge is 0.416 e. The molecule has 0 bridgehead atoms. The van der Waals surface area contributed by atoms with Gasteiger partial charge < -0.3 is 4.57 Å². The molecule has 40 heavy (non-hydrogen) atoms. The minimum atomic E-state index is -4.85. The van der Waals surface area contributed by atoms with Crippen LogP contribution < -0.4 is 4.72 Å². The molecule has 0 saturated carbocycles. The number of sulfonamides is 1. The van der Waals surface area contributed by atoms with Gasteiger partial charge in [-0.3, -0.25) is 4.98 Å². The minimum absolute atomic E-state index is 0.0378. The summed E-state index contributed by atoms with van der Waals surface area (Å²) in [5, 5.41) is 10.1. The SMILES string of the molecule is CCc1cc2c(cc1F)c(C#N)c(-c1ccc(S(=O)(=O)NC(C)C(F)(F)F)cn1)n2-c1cccc(C(F)(F)F)c1. The molecule has 1 atom stereocenters. The van der Waals surface area contributed by atoms with Gasteiger partial charge in [-0.1, -0.05) is 13.0 Å². The number of hydrogen-bond donors (Lipinski definition) is 1. The van der Waals surface area contributed by atoms with Gasteiger partial charge in [0.2, 0.25) is 10.0 Å². The van der Waals surface area contributed by atoms with Crippen LogP contribution in [0.3, 0.4) is 0 Å². The first-order valence-electron chi connectivity index (χ1n) is 11.6. The Kier molecular flexibility index (Phi) is 7.42. The lowest BCUT2D eigenvalue weighted by Gasteiger charge is -2.17. The van der Waals surface area contributed by atoms with E-state index in [2.05, 4.69) is 4.98 Å². The van der Waals surface area contributed by atoms with Crippen molar-refractivity contribution in [3.63, 3.8) is 0 Å². The smallest absolute Gasteiger partial charge is 0.307 e. The molecule has 4 rings (SSSR count). The van der Waals surface area contributed by atoms with Crippen LogP contribution in [-0.2, 0) is 22.6 Å². The first-order chi connectivity index (χ1) is 18.6. The fraction of sp³-hybridized carbons (Fsp3) is 0.231. The van der Waals surface area contributed by atoms with Crippen LogP contribution in [0.15, 0.2) is 59.6 Å². The van der Waals surface area contributed by atoms with Crippen LogP contribution >= 0.6 is 0 Å². The average molecular weight is 585 g/mol. The molecule has 0 amide bonds. The first kappa shape index (κ1) is 29.0. The van der Waals surface area contributed by atoms with E-state index < -0.39 is 44.7 Å². The van der Waals surface area contributed by atoms with Gasteiger partial charge in [-0.15, -0.1) is 0 Å². The summed E-state index contributed by atoms with van der Waals surface area (Å²) < 4.78 is 122. The maximum Gasteiger partial charge on any atom is 0.416 e. The highest BCUT2D eigenvalue weighted by Crippen LogP contribution is 2.38. The van der Waals surface area contributed by atoms with Gasteiger partial charge in [0.1, 0.15) is 22.8 Å². The molecule has 4 aromatic rings. The molecular formula is C26H19F7N4O2S. The predicted octanol–water partition coefficient (Wildman–Crippen LogP) is 6.51. The van der Waals surface area contributed by atoms with Gasteiger partial charge in [-0.25, -0.2) is 12.8 Å². The van der Waals surface area contributed by atoms with Crippen LogP contribution in [0, 0.1) is 17.1 Å². The monoisotopic (exact) mass is 584 g/mol. The third-order valence-corrected chi connectivity index (χ3v) is 7.70. The molecule has 2 aromatic heterocycles. The summed E-state index contributed by atoms with van der Waals surface area (Å²) in [6.07, 6.45) is -8.55. The Hall–Kier alpha value is -3.96. The zero-order valence-electron chi connectivity index (χ0n) is 20.7. The number of rotatable bonds is 6. The van der Waals surface area contributed by atoms with E-state index in [-0.39, 0.29) is 45.5 Å². The molecule has 1 N–H and O–H groups in total. The van der Waals surface area contributed by atoms with Gasteiger partial charge in [-0.2, -0.15) is 36.3 Å². The summed E-state index contributed by atoms with van der Waals surface area (Å²) in [4.78, 5) is 3.40. The number of pyridine rings is 1. The second kappa shape index (κ2) is 10.2. The lowest BCUT2D eigenvalue weighted by atomic mass is 10.1. The lowest BCUT2D eigenvalue weighted by Crippen LogP contribution is -2.42. The van der Waals surface area contributed by atoms with E-state index in [4.69, 9.17) is 0 Å². The van der Waals surface area contributed by atoms with Gasteiger partial charge in [0, 0.05) is 17.3 Å². The van der Waals surface area contributed by atoms with Crippen molar-refractivity contribution in [2.24, 2.45) is 0 Å². The van der Waals surface area contributed by atoms with E-state index in [1.807, 2.05) is 6.07 Å². The van der Waals surface area contributed by atoms with Crippen molar-refractivity contribution in [3.8, 4) is 23.1 Å². The number of nitrogens with one attached hydrogen (secondary N) is 1. The first-order valence-corrected chi connectivity index (χ1v) is 13.1. The highest BCUT2D eigenvalue weighted by Gasteiger charge is 2.39. The fourth-order valence-electron chi connectivity index (χ4n) is 4.11. The van der Waals surface area contributed by atoms with E-state index in [1.165, 1.54) is 21.4 Å². The van der Waals surface area contributed by atoms with Crippen molar-refractivity contribution in [3.05, 3.63) is 77.2 Å². The molecule has 0 aliphatic carbocycles. The standard InChI is InChI=1S/C26H19F7N4O2S/c1-3-15-9-23-19(11-21(15)27)20(12-34)24(37(23)17-6-4-5-16(10-17)26(31,32)33)22-8-7-18(13-35-22)40(38,39)36-14(2)25(28,29)30/h4-11,13-14,36H,3H2,1-2H3. The third kappa shape index (κ3) is 5.39.